The summed E-state index contributed by atoms with van der Waals surface area (Å²) in [7, 11) is 1.64. The summed E-state index contributed by atoms with van der Waals surface area (Å²) in [6.07, 6.45) is 3.65. The summed E-state index contributed by atoms with van der Waals surface area (Å²) >= 11 is 0. The summed E-state index contributed by atoms with van der Waals surface area (Å²) in [6, 6.07) is 7.75. The minimum atomic E-state index is -0.568. The third-order valence-corrected chi connectivity index (χ3v) is 3.24. The molecule has 0 saturated heterocycles. The van der Waals surface area contributed by atoms with E-state index in [2.05, 4.69) is 13.2 Å². The van der Waals surface area contributed by atoms with Crippen LogP contribution in [0.2, 0.25) is 0 Å². The highest BCUT2D eigenvalue weighted by atomic mass is 16.5. The van der Waals surface area contributed by atoms with E-state index >= 15 is 0 Å². The molecule has 0 unspecified atom stereocenters. The van der Waals surface area contributed by atoms with Gasteiger partial charge < -0.3 is 19.3 Å². The number of benzene rings is 1. The number of aliphatic hydroxyl groups is 1. The number of aliphatic hydroxyl groups excluding tert-OH is 1. The van der Waals surface area contributed by atoms with Crippen molar-refractivity contribution in [2.45, 2.75) is 31.7 Å². The van der Waals surface area contributed by atoms with Crippen molar-refractivity contribution in [1.82, 2.24) is 0 Å². The Hall–Kier alpha value is -1.62. The molecular weight excluding hydrogens is 280 g/mol. The van der Waals surface area contributed by atoms with Crippen molar-refractivity contribution >= 4 is 0 Å². The van der Waals surface area contributed by atoms with E-state index in [-0.39, 0.29) is 6.10 Å². The van der Waals surface area contributed by atoms with Crippen molar-refractivity contribution in [1.29, 1.82) is 0 Å². The average molecular weight is 306 g/mol. The molecule has 1 aromatic rings. The number of rotatable bonds is 12. The van der Waals surface area contributed by atoms with Crippen LogP contribution < -0.4 is 4.74 Å². The van der Waals surface area contributed by atoms with Crippen molar-refractivity contribution in [3.8, 4) is 5.75 Å². The molecule has 0 aliphatic rings. The molecule has 1 rings (SSSR count). The maximum absolute atomic E-state index is 10.0. The van der Waals surface area contributed by atoms with Crippen LogP contribution in [0.1, 0.15) is 18.4 Å². The quantitative estimate of drug-likeness (QED) is 0.476. The lowest BCUT2D eigenvalue weighted by Gasteiger charge is -2.22. The van der Waals surface area contributed by atoms with E-state index in [4.69, 9.17) is 14.2 Å². The molecule has 4 nitrogen and oxygen atoms in total. The summed E-state index contributed by atoms with van der Waals surface area (Å²) in [6.45, 7) is 8.71. The molecule has 0 aromatic heterocycles. The lowest BCUT2D eigenvalue weighted by molar-refractivity contribution is -0.0436. The standard InChI is InChI=1S/C18H26O4/c1-4-6-17(19)18(22-12-5-2)11-13-21-14-15-7-9-16(20-3)10-8-15/h4-5,7-10,17-19H,1-2,6,11-14H2,3H3/t17-,18+/m1/s1. The minimum absolute atomic E-state index is 0.271. The van der Waals surface area contributed by atoms with Crippen molar-refractivity contribution in [2.24, 2.45) is 0 Å². The van der Waals surface area contributed by atoms with E-state index in [1.54, 1.807) is 19.3 Å². The molecule has 0 radical (unpaired) electrons. The summed E-state index contributed by atoms with van der Waals surface area (Å²) < 4.78 is 16.3. The van der Waals surface area contributed by atoms with Gasteiger partial charge in [-0.2, -0.15) is 0 Å². The van der Waals surface area contributed by atoms with Crippen molar-refractivity contribution in [2.75, 3.05) is 20.3 Å². The average Bonchev–Trinajstić information content (AvgIpc) is 2.55. The Labute approximate surface area is 133 Å². The SMILES string of the molecule is C=CCO[C@@H](CCOCc1ccc(OC)cc1)[C@H](O)CC=C. The molecule has 2 atom stereocenters. The zero-order valence-electron chi connectivity index (χ0n) is 13.2. The second-order valence-electron chi connectivity index (χ2n) is 4.94. The van der Waals surface area contributed by atoms with Gasteiger partial charge in [0.1, 0.15) is 5.75 Å². The molecule has 0 spiro atoms. The number of methoxy groups -OCH3 is 1. The fourth-order valence-corrected chi connectivity index (χ4v) is 2.01. The Kier molecular flexibility index (Phi) is 9.23. The highest BCUT2D eigenvalue weighted by Gasteiger charge is 2.18. The lowest BCUT2D eigenvalue weighted by Crippen LogP contribution is -2.30. The molecular formula is C18H26O4. The maximum Gasteiger partial charge on any atom is 0.118 e. The van der Waals surface area contributed by atoms with Crippen molar-refractivity contribution in [3.05, 3.63) is 55.1 Å². The highest BCUT2D eigenvalue weighted by Crippen LogP contribution is 2.13. The summed E-state index contributed by atoms with van der Waals surface area (Å²) in [5, 5.41) is 10.0. The van der Waals surface area contributed by atoms with E-state index in [1.165, 1.54) is 0 Å². The fourth-order valence-electron chi connectivity index (χ4n) is 2.01. The van der Waals surface area contributed by atoms with E-state index in [1.807, 2.05) is 24.3 Å². The molecule has 0 heterocycles. The maximum atomic E-state index is 10.0. The van der Waals surface area contributed by atoms with Crippen LogP contribution >= 0.6 is 0 Å². The number of hydrogen-bond donors (Lipinski definition) is 1. The molecule has 0 amide bonds. The van der Waals surface area contributed by atoms with Gasteiger partial charge in [-0.1, -0.05) is 24.3 Å². The van der Waals surface area contributed by atoms with Gasteiger partial charge in [-0.25, -0.2) is 0 Å². The van der Waals surface area contributed by atoms with Crippen LogP contribution in [0.25, 0.3) is 0 Å². The van der Waals surface area contributed by atoms with Gasteiger partial charge in [0.05, 0.1) is 32.5 Å². The fraction of sp³-hybridized carbons (Fsp3) is 0.444. The molecule has 4 heteroatoms. The molecule has 0 saturated carbocycles. The topological polar surface area (TPSA) is 47.9 Å². The molecule has 0 aliphatic heterocycles. The van der Waals surface area contributed by atoms with Crippen LogP contribution in [-0.4, -0.2) is 37.6 Å². The lowest BCUT2D eigenvalue weighted by atomic mass is 10.1. The molecule has 122 valence electrons. The van der Waals surface area contributed by atoms with Gasteiger partial charge in [0.25, 0.3) is 0 Å². The smallest absolute Gasteiger partial charge is 0.118 e. The molecule has 0 bridgehead atoms. The molecule has 1 aromatic carbocycles. The Morgan fingerprint density at radius 3 is 2.50 bits per heavy atom. The molecule has 1 N–H and O–H groups in total. The number of hydrogen-bond acceptors (Lipinski definition) is 4. The Bertz CT molecular complexity index is 427. The van der Waals surface area contributed by atoms with Crippen LogP contribution in [0.4, 0.5) is 0 Å². The van der Waals surface area contributed by atoms with E-state index in [0.29, 0.717) is 32.7 Å². The van der Waals surface area contributed by atoms with E-state index in [0.717, 1.165) is 11.3 Å². The normalized spacial score (nSPS) is 13.4. The predicted molar refractivity (Wildman–Crippen MR) is 88.0 cm³/mol. The van der Waals surface area contributed by atoms with Crippen LogP contribution in [0.3, 0.4) is 0 Å². The first-order valence-electron chi connectivity index (χ1n) is 7.43. The largest absolute Gasteiger partial charge is 0.497 e. The summed E-state index contributed by atoms with van der Waals surface area (Å²) in [5.74, 6) is 0.828. The van der Waals surface area contributed by atoms with Gasteiger partial charge in [0.15, 0.2) is 0 Å². The van der Waals surface area contributed by atoms with Gasteiger partial charge in [-0.15, -0.1) is 13.2 Å². The van der Waals surface area contributed by atoms with Crippen LogP contribution in [0.15, 0.2) is 49.6 Å². The van der Waals surface area contributed by atoms with Crippen molar-refractivity contribution < 1.29 is 19.3 Å². The van der Waals surface area contributed by atoms with Gasteiger partial charge in [-0.05, 0) is 30.5 Å². The van der Waals surface area contributed by atoms with Crippen LogP contribution in [0, 0.1) is 0 Å². The third kappa shape index (κ3) is 6.89. The van der Waals surface area contributed by atoms with Gasteiger partial charge in [-0.3, -0.25) is 0 Å². The summed E-state index contributed by atoms with van der Waals surface area (Å²) in [4.78, 5) is 0. The number of ether oxygens (including phenoxy) is 3. The van der Waals surface area contributed by atoms with E-state index in [9.17, 15) is 5.11 Å². The monoisotopic (exact) mass is 306 g/mol. The van der Waals surface area contributed by atoms with Crippen molar-refractivity contribution in [3.63, 3.8) is 0 Å². The molecule has 22 heavy (non-hydrogen) atoms. The third-order valence-electron chi connectivity index (χ3n) is 3.24. The Balaban J connectivity index is 2.34. The highest BCUT2D eigenvalue weighted by molar-refractivity contribution is 5.26. The first-order valence-corrected chi connectivity index (χ1v) is 7.43. The molecule has 0 aliphatic carbocycles. The molecule has 0 fully saturated rings. The van der Waals surface area contributed by atoms with Gasteiger partial charge in [0.2, 0.25) is 0 Å². The second kappa shape index (κ2) is 11.0. The van der Waals surface area contributed by atoms with E-state index < -0.39 is 6.10 Å². The Morgan fingerprint density at radius 1 is 1.18 bits per heavy atom. The second-order valence-corrected chi connectivity index (χ2v) is 4.94. The Morgan fingerprint density at radius 2 is 1.91 bits per heavy atom. The summed E-state index contributed by atoms with van der Waals surface area (Å²) in [5.41, 5.74) is 1.08. The van der Waals surface area contributed by atoms with Gasteiger partial charge in [0, 0.05) is 6.61 Å². The van der Waals surface area contributed by atoms with Crippen LogP contribution in [-0.2, 0) is 16.1 Å². The first-order chi connectivity index (χ1) is 10.7. The zero-order valence-corrected chi connectivity index (χ0v) is 13.2. The first kappa shape index (κ1) is 18.4. The zero-order chi connectivity index (χ0) is 16.2. The minimum Gasteiger partial charge on any atom is -0.497 e. The van der Waals surface area contributed by atoms with Gasteiger partial charge >= 0.3 is 0 Å². The van der Waals surface area contributed by atoms with Crippen LogP contribution in [0.5, 0.6) is 5.75 Å². The predicted octanol–water partition coefficient (Wildman–Crippen LogP) is 3.11.